The molecule has 1 N–H and O–H groups in total. The van der Waals surface area contributed by atoms with E-state index in [-0.39, 0.29) is 17.5 Å². The van der Waals surface area contributed by atoms with Gasteiger partial charge in [-0.2, -0.15) is 0 Å². The second-order valence-electron chi connectivity index (χ2n) is 6.41. The van der Waals surface area contributed by atoms with Gasteiger partial charge in [0.15, 0.2) is 0 Å². The Bertz CT molecular complexity index is 688. The van der Waals surface area contributed by atoms with E-state index in [4.69, 9.17) is 0 Å². The fourth-order valence-electron chi connectivity index (χ4n) is 3.60. The van der Waals surface area contributed by atoms with Gasteiger partial charge in [-0.1, -0.05) is 0 Å². The molecule has 23 heavy (non-hydrogen) atoms. The van der Waals surface area contributed by atoms with Gasteiger partial charge in [0.05, 0.1) is 10.3 Å². The van der Waals surface area contributed by atoms with Crippen LogP contribution in [0, 0.1) is 22.5 Å². The minimum atomic E-state index is -0.527. The number of nitrogens with one attached hydrogen (secondary N) is 1. The minimum Gasteiger partial charge on any atom is -0.370 e. The van der Waals surface area contributed by atoms with Crippen molar-refractivity contribution in [2.45, 2.75) is 32.6 Å². The Balaban J connectivity index is 1.83. The maximum Gasteiger partial charge on any atom is 0.269 e. The van der Waals surface area contributed by atoms with Crippen molar-refractivity contribution in [3.63, 3.8) is 0 Å². The summed E-state index contributed by atoms with van der Waals surface area (Å²) in [5.74, 6) is -0.376. The molecule has 2 aliphatic rings. The van der Waals surface area contributed by atoms with E-state index in [1.54, 1.807) is 12.1 Å². The van der Waals surface area contributed by atoms with Gasteiger partial charge in [-0.15, -0.1) is 0 Å². The number of benzene rings is 1. The Morgan fingerprint density at radius 2 is 2.09 bits per heavy atom. The second-order valence-corrected chi connectivity index (χ2v) is 6.41. The molecule has 2 aliphatic heterocycles. The summed E-state index contributed by atoms with van der Waals surface area (Å²) in [6.07, 6.45) is 2.50. The van der Waals surface area contributed by atoms with E-state index in [2.05, 4.69) is 10.2 Å². The van der Waals surface area contributed by atoms with Crippen molar-refractivity contribution in [3.05, 3.63) is 33.9 Å². The monoisotopic (exact) mass is 317 g/mol. The molecule has 0 aliphatic carbocycles. The molecule has 122 valence electrons. The number of aryl methyl sites for hydroxylation is 1. The quantitative estimate of drug-likeness (QED) is 0.511. The molecular weight excluding hydrogens is 298 g/mol. The number of imide groups is 1. The summed E-state index contributed by atoms with van der Waals surface area (Å²) in [6, 6.07) is 4.78. The number of rotatable bonds is 2. The smallest absolute Gasteiger partial charge is 0.269 e. The molecule has 7 nitrogen and oxygen atoms in total. The first kappa shape index (κ1) is 15.5. The van der Waals surface area contributed by atoms with Crippen molar-refractivity contribution in [2.24, 2.45) is 5.41 Å². The molecule has 7 heteroatoms. The molecule has 3 rings (SSSR count). The predicted octanol–water partition coefficient (Wildman–Crippen LogP) is 1.93. The first-order valence-electron chi connectivity index (χ1n) is 7.76. The number of hydrogen-bond donors (Lipinski definition) is 1. The summed E-state index contributed by atoms with van der Waals surface area (Å²) >= 11 is 0. The molecule has 1 spiro atoms. The molecule has 1 atom stereocenters. The molecule has 2 saturated heterocycles. The second kappa shape index (κ2) is 5.64. The zero-order chi connectivity index (χ0) is 16.6. The maximum absolute atomic E-state index is 12.4. The van der Waals surface area contributed by atoms with Crippen LogP contribution in [-0.4, -0.2) is 29.8 Å². The molecule has 2 amide bonds. The summed E-state index contributed by atoms with van der Waals surface area (Å²) in [6.45, 7) is 3.09. The Hall–Kier alpha value is -2.44. The lowest BCUT2D eigenvalue weighted by atomic mass is 9.82. The Morgan fingerprint density at radius 1 is 1.30 bits per heavy atom. The third-order valence-corrected chi connectivity index (χ3v) is 4.88. The highest BCUT2D eigenvalue weighted by Gasteiger charge is 2.46. The number of carbonyl (C=O) groups is 2. The third kappa shape index (κ3) is 2.78. The van der Waals surface area contributed by atoms with Crippen LogP contribution in [0.5, 0.6) is 0 Å². The van der Waals surface area contributed by atoms with Gasteiger partial charge in [-0.3, -0.25) is 25.0 Å². The predicted molar refractivity (Wildman–Crippen MR) is 84.1 cm³/mol. The first-order chi connectivity index (χ1) is 10.9. The van der Waals surface area contributed by atoms with Crippen LogP contribution in [0.2, 0.25) is 0 Å². The number of anilines is 1. The van der Waals surface area contributed by atoms with Crippen molar-refractivity contribution in [2.75, 3.05) is 18.0 Å². The lowest BCUT2D eigenvalue weighted by Crippen LogP contribution is -2.43. The van der Waals surface area contributed by atoms with Gasteiger partial charge in [0.1, 0.15) is 0 Å². The van der Waals surface area contributed by atoms with Gasteiger partial charge in [-0.25, -0.2) is 0 Å². The summed E-state index contributed by atoms with van der Waals surface area (Å²) in [5, 5.41) is 13.3. The standard InChI is InChI=1S/C16H19N3O4/c1-11-9-12(19(22)23)4-5-13(11)18-8-7-16(10-18)6-2-3-14(20)17-15(16)21/h4-5,9H,2-3,6-8,10H2,1H3,(H,17,20,21). The van der Waals surface area contributed by atoms with Crippen molar-refractivity contribution >= 4 is 23.2 Å². The Morgan fingerprint density at radius 3 is 2.78 bits per heavy atom. The number of hydrogen-bond acceptors (Lipinski definition) is 5. The largest absolute Gasteiger partial charge is 0.370 e. The zero-order valence-corrected chi connectivity index (χ0v) is 13.0. The first-order valence-corrected chi connectivity index (χ1v) is 7.76. The van der Waals surface area contributed by atoms with Crippen LogP contribution in [0.3, 0.4) is 0 Å². The lowest BCUT2D eigenvalue weighted by Gasteiger charge is -2.27. The lowest BCUT2D eigenvalue weighted by molar-refractivity contribution is -0.384. The number of amides is 2. The van der Waals surface area contributed by atoms with E-state index in [0.29, 0.717) is 38.8 Å². The summed E-state index contributed by atoms with van der Waals surface area (Å²) in [7, 11) is 0. The number of nitro groups is 1. The van der Waals surface area contributed by atoms with Crippen LogP contribution < -0.4 is 10.2 Å². The van der Waals surface area contributed by atoms with Gasteiger partial charge < -0.3 is 4.90 Å². The molecule has 0 bridgehead atoms. The molecule has 2 fully saturated rings. The fourth-order valence-corrected chi connectivity index (χ4v) is 3.60. The molecule has 1 aromatic rings. The molecule has 0 saturated carbocycles. The van der Waals surface area contributed by atoms with Crippen LogP contribution in [0.25, 0.3) is 0 Å². The van der Waals surface area contributed by atoms with Crippen LogP contribution in [-0.2, 0) is 9.59 Å². The van der Waals surface area contributed by atoms with E-state index < -0.39 is 10.3 Å². The van der Waals surface area contributed by atoms with E-state index in [1.807, 2.05) is 6.92 Å². The molecule has 1 unspecified atom stereocenters. The van der Waals surface area contributed by atoms with Crippen molar-refractivity contribution in [1.82, 2.24) is 5.32 Å². The van der Waals surface area contributed by atoms with Gasteiger partial charge in [-0.05, 0) is 37.8 Å². The van der Waals surface area contributed by atoms with Gasteiger partial charge in [0, 0.05) is 37.3 Å². The van der Waals surface area contributed by atoms with Gasteiger partial charge in [0.25, 0.3) is 5.69 Å². The van der Waals surface area contributed by atoms with E-state index in [1.165, 1.54) is 6.07 Å². The van der Waals surface area contributed by atoms with Gasteiger partial charge in [0.2, 0.25) is 11.8 Å². The minimum absolute atomic E-state index is 0.0676. The van der Waals surface area contributed by atoms with Crippen molar-refractivity contribution in [1.29, 1.82) is 0 Å². The fraction of sp³-hybridized carbons (Fsp3) is 0.500. The average molecular weight is 317 g/mol. The highest BCUT2D eigenvalue weighted by Crippen LogP contribution is 2.40. The van der Waals surface area contributed by atoms with E-state index in [0.717, 1.165) is 11.3 Å². The number of non-ortho nitro benzene ring substituents is 1. The zero-order valence-electron chi connectivity index (χ0n) is 13.0. The third-order valence-electron chi connectivity index (χ3n) is 4.88. The SMILES string of the molecule is Cc1cc([N+](=O)[O-])ccc1N1CCC2(CCCC(=O)NC2=O)C1. The summed E-state index contributed by atoms with van der Waals surface area (Å²) in [5.41, 5.74) is 1.27. The molecule has 0 radical (unpaired) electrons. The van der Waals surface area contributed by atoms with Crippen LogP contribution in [0.1, 0.15) is 31.2 Å². The maximum atomic E-state index is 12.4. The van der Waals surface area contributed by atoms with Crippen molar-refractivity contribution in [3.8, 4) is 0 Å². The number of carbonyl (C=O) groups excluding carboxylic acids is 2. The Labute approximate surface area is 133 Å². The van der Waals surface area contributed by atoms with Gasteiger partial charge >= 0.3 is 0 Å². The van der Waals surface area contributed by atoms with Crippen molar-refractivity contribution < 1.29 is 14.5 Å². The molecule has 1 aromatic carbocycles. The summed E-state index contributed by atoms with van der Waals surface area (Å²) in [4.78, 5) is 36.5. The molecule has 0 aromatic heterocycles. The molecular formula is C16H19N3O4. The van der Waals surface area contributed by atoms with Crippen LogP contribution in [0.15, 0.2) is 18.2 Å². The van der Waals surface area contributed by atoms with E-state index >= 15 is 0 Å². The Kier molecular flexibility index (Phi) is 3.79. The van der Waals surface area contributed by atoms with Crippen LogP contribution >= 0.6 is 0 Å². The summed E-state index contributed by atoms with van der Waals surface area (Å²) < 4.78 is 0. The molecule has 2 heterocycles. The number of nitro benzene ring substituents is 1. The normalized spacial score (nSPS) is 24.7. The highest BCUT2D eigenvalue weighted by atomic mass is 16.6. The topological polar surface area (TPSA) is 92.6 Å². The van der Waals surface area contributed by atoms with E-state index in [9.17, 15) is 19.7 Å². The highest BCUT2D eigenvalue weighted by molar-refractivity contribution is 5.99. The van der Waals surface area contributed by atoms with Crippen LogP contribution in [0.4, 0.5) is 11.4 Å². The number of nitrogens with zero attached hydrogens (tertiary/aromatic N) is 2. The average Bonchev–Trinajstić information content (AvgIpc) is 2.86.